The van der Waals surface area contributed by atoms with E-state index in [2.05, 4.69) is 195 Å². The summed E-state index contributed by atoms with van der Waals surface area (Å²) >= 11 is 0. The summed E-state index contributed by atoms with van der Waals surface area (Å²) in [5, 5.41) is 4.14. The average Bonchev–Trinajstić information content (AvgIpc) is 3.54. The maximum atomic E-state index is 4.14. The van der Waals surface area contributed by atoms with Crippen molar-refractivity contribution in [3.63, 3.8) is 0 Å². The number of nitrogens with one attached hydrogen (secondary N) is 1. The van der Waals surface area contributed by atoms with Gasteiger partial charge in [0.1, 0.15) is 0 Å². The van der Waals surface area contributed by atoms with Gasteiger partial charge in [-0.25, -0.2) is 0 Å². The minimum absolute atomic E-state index is 0.0427. The van der Waals surface area contributed by atoms with Crippen molar-refractivity contribution in [2.75, 3.05) is 5.32 Å². The van der Waals surface area contributed by atoms with Crippen molar-refractivity contribution < 1.29 is 0 Å². The lowest BCUT2D eigenvalue weighted by Gasteiger charge is -2.58. The Morgan fingerprint density at radius 1 is 0.607 bits per heavy atom. The molecule has 299 valence electrons. The highest BCUT2D eigenvalue weighted by molar-refractivity contribution is 6.70. The third-order valence-corrected chi connectivity index (χ3v) is 16.6. The van der Waals surface area contributed by atoms with E-state index in [1.165, 1.54) is 132 Å². The molecule has 0 bridgehead atoms. The highest BCUT2D eigenvalue weighted by Gasteiger charge is 2.55. The van der Waals surface area contributed by atoms with Crippen LogP contribution in [0.5, 0.6) is 0 Å². The first kappa shape index (κ1) is 37.2. The SMILES string of the molecule is Cc1cccc(C)c1-c1cc(-c2cccc3c2Nc2ccccc2C32c3ccccc3-c3ccccc32)c2c(c1)C1CC3(C)CCCCC3(C)c3cc(C(C)(C)C)cc(c31)[B]2. The third-order valence-electron chi connectivity index (χ3n) is 16.6. The molecule has 1 fully saturated rings. The van der Waals surface area contributed by atoms with E-state index in [0.717, 1.165) is 0 Å². The van der Waals surface area contributed by atoms with Crippen LogP contribution in [0.2, 0.25) is 0 Å². The Morgan fingerprint density at radius 2 is 1.23 bits per heavy atom. The summed E-state index contributed by atoms with van der Waals surface area (Å²) in [6.45, 7) is 17.1. The van der Waals surface area contributed by atoms with Crippen molar-refractivity contribution in [2.45, 2.75) is 103 Å². The zero-order valence-corrected chi connectivity index (χ0v) is 36.9. The second-order valence-corrected chi connectivity index (χ2v) is 20.8. The van der Waals surface area contributed by atoms with Crippen LogP contribution in [0.3, 0.4) is 0 Å². The number of para-hydroxylation sites is 2. The van der Waals surface area contributed by atoms with Crippen LogP contribution in [0.15, 0.2) is 133 Å². The van der Waals surface area contributed by atoms with Crippen molar-refractivity contribution in [2.24, 2.45) is 5.41 Å². The quantitative estimate of drug-likeness (QED) is 0.172. The van der Waals surface area contributed by atoms with Crippen LogP contribution in [0.1, 0.15) is 128 Å². The molecule has 1 nitrogen and oxygen atoms in total. The number of anilines is 2. The molecule has 2 heterocycles. The third kappa shape index (κ3) is 4.91. The molecule has 1 N–H and O–H groups in total. The zero-order valence-electron chi connectivity index (χ0n) is 36.9. The number of hydrogen-bond acceptors (Lipinski definition) is 1. The molecule has 2 aliphatic heterocycles. The van der Waals surface area contributed by atoms with Gasteiger partial charge in [-0.15, -0.1) is 0 Å². The highest BCUT2D eigenvalue weighted by Crippen LogP contribution is 2.64. The minimum Gasteiger partial charge on any atom is -0.354 e. The molecule has 3 unspecified atom stereocenters. The summed E-state index contributed by atoms with van der Waals surface area (Å²) < 4.78 is 0. The van der Waals surface area contributed by atoms with Gasteiger partial charge in [-0.1, -0.05) is 180 Å². The molecule has 0 saturated heterocycles. The van der Waals surface area contributed by atoms with Gasteiger partial charge in [0, 0.05) is 17.2 Å². The Bertz CT molecular complexity index is 2950. The van der Waals surface area contributed by atoms with E-state index in [0.29, 0.717) is 5.92 Å². The second-order valence-electron chi connectivity index (χ2n) is 20.8. The van der Waals surface area contributed by atoms with E-state index in [9.17, 15) is 0 Å². The normalized spacial score (nSPS) is 22.0. The molecule has 3 atom stereocenters. The first-order valence-electron chi connectivity index (χ1n) is 22.9. The van der Waals surface area contributed by atoms with Gasteiger partial charge in [0.05, 0.1) is 11.1 Å². The summed E-state index contributed by atoms with van der Waals surface area (Å²) in [7, 11) is 2.62. The van der Waals surface area contributed by atoms with Crippen LogP contribution < -0.4 is 16.2 Å². The first-order valence-corrected chi connectivity index (χ1v) is 22.9. The predicted molar refractivity (Wildman–Crippen MR) is 258 cm³/mol. The Hall–Kier alpha value is -5.60. The fourth-order valence-electron chi connectivity index (χ4n) is 13.4. The topological polar surface area (TPSA) is 12.0 Å². The van der Waals surface area contributed by atoms with E-state index in [-0.39, 0.29) is 16.2 Å². The van der Waals surface area contributed by atoms with Gasteiger partial charge >= 0.3 is 0 Å². The van der Waals surface area contributed by atoms with Gasteiger partial charge in [-0.2, -0.15) is 0 Å². The molecule has 0 aromatic heterocycles. The van der Waals surface area contributed by atoms with Gasteiger partial charge in [0.25, 0.3) is 0 Å². The Labute approximate surface area is 363 Å². The Kier molecular flexibility index (Phi) is 7.76. The molecule has 0 amide bonds. The van der Waals surface area contributed by atoms with E-state index in [1.54, 1.807) is 11.1 Å². The zero-order chi connectivity index (χ0) is 41.6. The summed E-state index contributed by atoms with van der Waals surface area (Å²) in [5.41, 5.74) is 27.4. The summed E-state index contributed by atoms with van der Waals surface area (Å²) in [5.74, 6) is 0.325. The van der Waals surface area contributed by atoms with E-state index in [1.807, 2.05) is 0 Å². The van der Waals surface area contributed by atoms with Gasteiger partial charge < -0.3 is 5.32 Å². The van der Waals surface area contributed by atoms with Crippen molar-refractivity contribution in [3.8, 4) is 33.4 Å². The van der Waals surface area contributed by atoms with Crippen molar-refractivity contribution in [1.82, 2.24) is 0 Å². The minimum atomic E-state index is -0.457. The standard InChI is InChI=1S/C59H55BN/c1-35-18-16-19-36(2)52(35)37-30-42(54-43(31-37)44-34-57(6)28-14-15-29-58(57,7)49-32-38(56(3,4)5)33-50(60-54)53(44)49)41-22-17-26-48-55(41)61-51-27-13-12-25-47(51)59(48)45-23-10-8-20-39(45)40-21-9-11-24-46(40)59/h8-13,16-27,30-33,44,61H,14-15,28-29,34H2,1-7H3. The Balaban J connectivity index is 1.18. The van der Waals surface area contributed by atoms with E-state index in [4.69, 9.17) is 0 Å². The molecule has 1 spiro atoms. The number of hydrogen-bond donors (Lipinski definition) is 1. The summed E-state index contributed by atoms with van der Waals surface area (Å²) in [6, 6.07) is 51.8. The van der Waals surface area contributed by atoms with Crippen LogP contribution >= 0.6 is 0 Å². The van der Waals surface area contributed by atoms with Gasteiger partial charge in [-0.3, -0.25) is 0 Å². The van der Waals surface area contributed by atoms with Crippen molar-refractivity contribution in [3.05, 3.63) is 189 Å². The van der Waals surface area contributed by atoms with Crippen molar-refractivity contribution in [1.29, 1.82) is 0 Å². The van der Waals surface area contributed by atoms with Crippen LogP contribution in [0.4, 0.5) is 11.4 Å². The molecule has 12 rings (SSSR count). The molecule has 7 aromatic carbocycles. The molecular weight excluding hydrogens is 733 g/mol. The second kappa shape index (κ2) is 12.7. The highest BCUT2D eigenvalue weighted by atomic mass is 14.9. The Morgan fingerprint density at radius 3 is 1.95 bits per heavy atom. The molecule has 61 heavy (non-hydrogen) atoms. The van der Waals surface area contributed by atoms with Crippen LogP contribution in [0, 0.1) is 19.3 Å². The van der Waals surface area contributed by atoms with Crippen LogP contribution in [-0.4, -0.2) is 7.28 Å². The molecular formula is C59H55BN. The average molecular weight is 789 g/mol. The molecule has 2 heteroatoms. The maximum Gasteiger partial charge on any atom is 0.193 e. The molecule has 5 aliphatic rings. The van der Waals surface area contributed by atoms with Gasteiger partial charge in [0.2, 0.25) is 0 Å². The van der Waals surface area contributed by atoms with E-state index >= 15 is 0 Å². The number of rotatable bonds is 2. The molecule has 3 aliphatic carbocycles. The summed E-state index contributed by atoms with van der Waals surface area (Å²) in [4.78, 5) is 0. The lowest BCUT2D eigenvalue weighted by atomic mass is 9.42. The monoisotopic (exact) mass is 788 g/mol. The van der Waals surface area contributed by atoms with E-state index < -0.39 is 5.41 Å². The number of aryl methyl sites for hydroxylation is 2. The predicted octanol–water partition coefficient (Wildman–Crippen LogP) is 13.7. The summed E-state index contributed by atoms with van der Waals surface area (Å²) in [6.07, 6.45) is 6.39. The van der Waals surface area contributed by atoms with Gasteiger partial charge in [-0.05, 0) is 145 Å². The molecule has 7 aromatic rings. The number of benzene rings is 7. The van der Waals surface area contributed by atoms with Gasteiger partial charge in [0.15, 0.2) is 7.28 Å². The lowest BCUT2D eigenvalue weighted by molar-refractivity contribution is 0.0602. The van der Waals surface area contributed by atoms with Crippen LogP contribution in [-0.2, 0) is 16.2 Å². The maximum absolute atomic E-state index is 4.14. The first-order chi connectivity index (χ1) is 29.4. The van der Waals surface area contributed by atoms with Crippen molar-refractivity contribution >= 4 is 29.6 Å². The molecule has 1 saturated carbocycles. The van der Waals surface area contributed by atoms with Crippen LogP contribution in [0.25, 0.3) is 33.4 Å². The smallest absolute Gasteiger partial charge is 0.193 e. The largest absolute Gasteiger partial charge is 0.354 e. The fourth-order valence-corrected chi connectivity index (χ4v) is 13.4. The fraction of sp³-hybridized carbons (Fsp3) is 0.288. The number of fused-ring (bicyclic) bond motifs is 13. The lowest BCUT2D eigenvalue weighted by Crippen LogP contribution is -2.54. The molecule has 1 radical (unpaired) electrons.